The average molecular weight is 324 g/mol. The molecule has 0 aliphatic carbocycles. The van der Waals surface area contributed by atoms with Crippen LogP contribution in [0.1, 0.15) is 17.2 Å². The molecule has 0 spiro atoms. The molecule has 1 heterocycles. The van der Waals surface area contributed by atoms with Crippen molar-refractivity contribution in [3.63, 3.8) is 0 Å². The van der Waals surface area contributed by atoms with Crippen LogP contribution in [-0.4, -0.2) is 33.9 Å². The van der Waals surface area contributed by atoms with E-state index < -0.39 is 0 Å². The van der Waals surface area contributed by atoms with Gasteiger partial charge in [-0.25, -0.2) is 4.68 Å². The van der Waals surface area contributed by atoms with E-state index in [9.17, 15) is 0 Å². The van der Waals surface area contributed by atoms with E-state index in [2.05, 4.69) is 20.8 Å². The van der Waals surface area contributed by atoms with Crippen LogP contribution in [0.4, 0.5) is 0 Å². The number of nitrogens with zero attached hydrogens (tertiary/aromatic N) is 4. The van der Waals surface area contributed by atoms with Gasteiger partial charge in [-0.05, 0) is 34.2 Å². The van der Waals surface area contributed by atoms with Gasteiger partial charge in [0, 0.05) is 24.7 Å². The topological polar surface area (TPSA) is 90.9 Å². The smallest absolute Gasteiger partial charge is 0.143 e. The van der Waals surface area contributed by atoms with E-state index >= 15 is 0 Å². The predicted molar refractivity (Wildman–Crippen MR) is 90.8 cm³/mol. The molecule has 7 heteroatoms. The molecule has 0 amide bonds. The number of methoxy groups -OCH3 is 1. The first kappa shape index (κ1) is 16.1. The third-order valence-corrected chi connectivity index (χ3v) is 3.78. The Labute approximate surface area is 140 Å². The van der Waals surface area contributed by atoms with Gasteiger partial charge in [0.1, 0.15) is 12.1 Å². The van der Waals surface area contributed by atoms with E-state index in [0.717, 1.165) is 22.6 Å². The monoisotopic (exact) mass is 324 g/mol. The van der Waals surface area contributed by atoms with E-state index in [-0.39, 0.29) is 6.04 Å². The molecule has 0 saturated carbocycles. The SMILES string of the molecule is COc1ccc(-n2cnnn2)cc1CNCC(N)c1ccccc1. The van der Waals surface area contributed by atoms with Crippen LogP contribution in [0.2, 0.25) is 0 Å². The lowest BCUT2D eigenvalue weighted by molar-refractivity contribution is 0.407. The first-order valence-electron chi connectivity index (χ1n) is 7.69. The van der Waals surface area contributed by atoms with E-state index in [1.54, 1.807) is 18.1 Å². The van der Waals surface area contributed by atoms with E-state index in [0.29, 0.717) is 13.1 Å². The van der Waals surface area contributed by atoms with Crippen molar-refractivity contribution >= 4 is 0 Å². The highest BCUT2D eigenvalue weighted by molar-refractivity contribution is 5.43. The minimum atomic E-state index is -0.0557. The Bertz CT molecular complexity index is 760. The molecule has 0 radical (unpaired) electrons. The number of benzene rings is 2. The van der Waals surface area contributed by atoms with Crippen molar-refractivity contribution in [2.24, 2.45) is 5.73 Å². The lowest BCUT2D eigenvalue weighted by Gasteiger charge is -2.15. The lowest BCUT2D eigenvalue weighted by Crippen LogP contribution is -2.26. The minimum absolute atomic E-state index is 0.0557. The molecule has 1 atom stereocenters. The molecule has 2 aromatic carbocycles. The fraction of sp³-hybridized carbons (Fsp3) is 0.235. The largest absolute Gasteiger partial charge is 0.496 e. The molecular formula is C17H20N6O. The van der Waals surface area contributed by atoms with Gasteiger partial charge in [-0.15, -0.1) is 5.10 Å². The fourth-order valence-corrected chi connectivity index (χ4v) is 2.51. The highest BCUT2D eigenvalue weighted by Crippen LogP contribution is 2.21. The average Bonchev–Trinajstić information content (AvgIpc) is 3.17. The molecule has 24 heavy (non-hydrogen) atoms. The number of nitrogens with one attached hydrogen (secondary N) is 1. The lowest BCUT2D eigenvalue weighted by atomic mass is 10.1. The molecular weight excluding hydrogens is 304 g/mol. The number of hydrogen-bond acceptors (Lipinski definition) is 6. The first-order chi connectivity index (χ1) is 11.8. The Morgan fingerprint density at radius 2 is 2.04 bits per heavy atom. The Kier molecular flexibility index (Phi) is 5.15. The van der Waals surface area contributed by atoms with E-state index in [1.807, 2.05) is 48.5 Å². The van der Waals surface area contributed by atoms with Gasteiger partial charge in [0.2, 0.25) is 0 Å². The number of rotatable bonds is 7. The van der Waals surface area contributed by atoms with E-state index in [1.165, 1.54) is 0 Å². The van der Waals surface area contributed by atoms with Crippen LogP contribution >= 0.6 is 0 Å². The van der Waals surface area contributed by atoms with Crippen molar-refractivity contribution in [1.82, 2.24) is 25.5 Å². The van der Waals surface area contributed by atoms with Crippen LogP contribution in [0, 0.1) is 0 Å². The van der Waals surface area contributed by atoms with Crippen LogP contribution in [0.25, 0.3) is 5.69 Å². The fourth-order valence-electron chi connectivity index (χ4n) is 2.51. The number of aromatic nitrogens is 4. The first-order valence-corrected chi connectivity index (χ1v) is 7.69. The highest BCUT2D eigenvalue weighted by Gasteiger charge is 2.09. The summed E-state index contributed by atoms with van der Waals surface area (Å²) in [5, 5.41) is 14.6. The predicted octanol–water partition coefficient (Wildman–Crippen LogP) is 1.46. The zero-order chi connectivity index (χ0) is 16.8. The van der Waals surface area contributed by atoms with Gasteiger partial charge in [0.05, 0.1) is 12.8 Å². The maximum absolute atomic E-state index is 6.21. The summed E-state index contributed by atoms with van der Waals surface area (Å²) < 4.78 is 7.04. The quantitative estimate of drug-likeness (QED) is 0.684. The van der Waals surface area contributed by atoms with Crippen LogP contribution in [0.5, 0.6) is 5.75 Å². The number of nitrogens with two attached hydrogens (primary N) is 1. The number of hydrogen-bond donors (Lipinski definition) is 2. The van der Waals surface area contributed by atoms with Crippen LogP contribution < -0.4 is 15.8 Å². The molecule has 0 aliphatic rings. The summed E-state index contributed by atoms with van der Waals surface area (Å²) in [5.41, 5.74) is 9.22. The van der Waals surface area contributed by atoms with Crippen molar-refractivity contribution in [2.75, 3.05) is 13.7 Å². The molecule has 0 aliphatic heterocycles. The van der Waals surface area contributed by atoms with Crippen LogP contribution in [-0.2, 0) is 6.54 Å². The van der Waals surface area contributed by atoms with Crippen molar-refractivity contribution in [3.05, 3.63) is 66.0 Å². The highest BCUT2D eigenvalue weighted by atomic mass is 16.5. The van der Waals surface area contributed by atoms with E-state index in [4.69, 9.17) is 10.5 Å². The number of ether oxygens (including phenoxy) is 1. The maximum Gasteiger partial charge on any atom is 0.143 e. The van der Waals surface area contributed by atoms with Crippen molar-refractivity contribution < 1.29 is 4.74 Å². The maximum atomic E-state index is 6.21. The molecule has 0 fully saturated rings. The molecule has 1 aromatic heterocycles. The van der Waals surface area contributed by atoms with Gasteiger partial charge in [-0.3, -0.25) is 0 Å². The second kappa shape index (κ2) is 7.67. The molecule has 3 N–H and O–H groups in total. The Hall–Kier alpha value is -2.77. The van der Waals surface area contributed by atoms with Crippen molar-refractivity contribution in [2.45, 2.75) is 12.6 Å². The third kappa shape index (κ3) is 3.76. The van der Waals surface area contributed by atoms with Gasteiger partial charge < -0.3 is 15.8 Å². The van der Waals surface area contributed by atoms with Gasteiger partial charge >= 0.3 is 0 Å². The zero-order valence-electron chi connectivity index (χ0n) is 13.5. The second-order valence-corrected chi connectivity index (χ2v) is 5.40. The molecule has 0 bridgehead atoms. The molecule has 7 nitrogen and oxygen atoms in total. The molecule has 3 aromatic rings. The zero-order valence-corrected chi connectivity index (χ0v) is 13.5. The summed E-state index contributed by atoms with van der Waals surface area (Å²) in [6, 6.07) is 15.8. The summed E-state index contributed by atoms with van der Waals surface area (Å²) in [4.78, 5) is 0. The van der Waals surface area contributed by atoms with Gasteiger partial charge in [0.25, 0.3) is 0 Å². The summed E-state index contributed by atoms with van der Waals surface area (Å²) in [5.74, 6) is 0.813. The Balaban J connectivity index is 1.66. The second-order valence-electron chi connectivity index (χ2n) is 5.40. The van der Waals surface area contributed by atoms with Crippen molar-refractivity contribution in [3.8, 4) is 11.4 Å². The van der Waals surface area contributed by atoms with Crippen LogP contribution in [0.15, 0.2) is 54.9 Å². The van der Waals surface area contributed by atoms with Gasteiger partial charge in [0.15, 0.2) is 0 Å². The van der Waals surface area contributed by atoms with Crippen LogP contribution in [0.3, 0.4) is 0 Å². The molecule has 0 saturated heterocycles. The molecule has 3 rings (SSSR count). The number of tetrazole rings is 1. The Morgan fingerprint density at radius 3 is 2.75 bits per heavy atom. The third-order valence-electron chi connectivity index (χ3n) is 3.78. The van der Waals surface area contributed by atoms with Gasteiger partial charge in [-0.2, -0.15) is 0 Å². The molecule has 124 valence electrons. The van der Waals surface area contributed by atoms with Crippen molar-refractivity contribution in [1.29, 1.82) is 0 Å². The Morgan fingerprint density at radius 1 is 1.21 bits per heavy atom. The summed E-state index contributed by atoms with van der Waals surface area (Å²) >= 11 is 0. The summed E-state index contributed by atoms with van der Waals surface area (Å²) in [7, 11) is 1.66. The molecule has 1 unspecified atom stereocenters. The minimum Gasteiger partial charge on any atom is -0.496 e. The standard InChI is InChI=1S/C17H20N6O/c1-24-17-8-7-15(23-12-20-21-22-23)9-14(17)10-19-11-16(18)13-5-3-2-4-6-13/h2-9,12,16,19H,10-11,18H2,1H3. The normalized spacial score (nSPS) is 12.1. The van der Waals surface area contributed by atoms with Gasteiger partial charge in [-0.1, -0.05) is 30.3 Å². The summed E-state index contributed by atoms with van der Waals surface area (Å²) in [6.07, 6.45) is 1.56. The summed E-state index contributed by atoms with van der Waals surface area (Å²) in [6.45, 7) is 1.31.